The smallest absolute Gasteiger partial charge is 0.309 e. The largest absolute Gasteiger partial charge is 0.493 e. The molecule has 1 N–H and O–H groups in total. The molecule has 0 atom stereocenters. The number of hydrogen-bond acceptors (Lipinski definition) is 6. The van der Waals surface area contributed by atoms with Gasteiger partial charge in [0.2, 0.25) is 0 Å². The Kier molecular flexibility index (Phi) is 7.52. The van der Waals surface area contributed by atoms with Gasteiger partial charge in [-0.05, 0) is 54.6 Å². The van der Waals surface area contributed by atoms with Crippen LogP contribution >= 0.6 is 11.8 Å². The van der Waals surface area contributed by atoms with Crippen LogP contribution < -0.4 is 10.1 Å². The number of thioether (sulfide) groups is 1. The molecule has 2 aromatic carbocycles. The lowest BCUT2D eigenvalue weighted by Gasteiger charge is -2.10. The monoisotopic (exact) mass is 370 g/mol. The lowest BCUT2D eigenvalue weighted by molar-refractivity contribution is -0.147. The van der Waals surface area contributed by atoms with E-state index in [1.807, 2.05) is 30.5 Å². The first-order valence-corrected chi connectivity index (χ1v) is 8.70. The Balaban J connectivity index is 1.71. The molecule has 0 unspecified atom stereocenters. The van der Waals surface area contributed by atoms with Crippen molar-refractivity contribution in [2.45, 2.75) is 18.2 Å². The number of nitrogens with one attached hydrogen (secondary N) is 1. The minimum Gasteiger partial charge on any atom is -0.493 e. The number of thiocyanates is 1. The number of nitriles is 1. The summed E-state index contributed by atoms with van der Waals surface area (Å²) in [4.78, 5) is 24.4. The van der Waals surface area contributed by atoms with Crippen molar-refractivity contribution >= 4 is 29.3 Å². The Labute approximate surface area is 156 Å². The summed E-state index contributed by atoms with van der Waals surface area (Å²) in [5.74, 6) is -0.258. The van der Waals surface area contributed by atoms with Crippen molar-refractivity contribution < 1.29 is 19.1 Å². The third kappa shape index (κ3) is 6.49. The molecule has 2 aromatic rings. The number of ether oxygens (including phenoxy) is 2. The number of carbonyl (C=O) groups excluding carboxylic acids is 2. The van der Waals surface area contributed by atoms with Crippen LogP contribution in [0.25, 0.3) is 0 Å². The fraction of sp³-hybridized carbons (Fsp3) is 0.211. The average Bonchev–Trinajstić information content (AvgIpc) is 2.63. The minimum absolute atomic E-state index is 0.0568. The third-order valence-electron chi connectivity index (χ3n) is 3.32. The molecular formula is C19H18N2O4S. The molecule has 6 nitrogen and oxygen atoms in total. The highest BCUT2D eigenvalue weighted by Gasteiger charge is 2.10. The van der Waals surface area contributed by atoms with E-state index in [2.05, 4.69) is 5.32 Å². The van der Waals surface area contributed by atoms with E-state index in [4.69, 9.17) is 14.7 Å². The molecule has 0 spiro atoms. The quantitative estimate of drug-likeness (QED) is 0.434. The SMILES string of the molecule is Cc1cc(SC#N)ccc1NC(=O)COC(=O)CCOc1ccccc1. The van der Waals surface area contributed by atoms with E-state index in [1.54, 1.807) is 30.3 Å². The van der Waals surface area contributed by atoms with Gasteiger partial charge in [0.05, 0.1) is 13.0 Å². The zero-order valence-corrected chi connectivity index (χ0v) is 15.0. The second-order valence-electron chi connectivity index (χ2n) is 5.29. The molecule has 0 bridgehead atoms. The average molecular weight is 370 g/mol. The number of nitrogens with zero attached hydrogens (tertiary/aromatic N) is 1. The lowest BCUT2D eigenvalue weighted by atomic mass is 10.2. The fourth-order valence-electron chi connectivity index (χ4n) is 2.07. The van der Waals surface area contributed by atoms with Crippen LogP contribution in [0.5, 0.6) is 5.75 Å². The Hall–Kier alpha value is -2.98. The van der Waals surface area contributed by atoms with E-state index in [9.17, 15) is 9.59 Å². The number of benzene rings is 2. The van der Waals surface area contributed by atoms with Gasteiger partial charge >= 0.3 is 5.97 Å². The Morgan fingerprint density at radius 1 is 1.19 bits per heavy atom. The zero-order valence-electron chi connectivity index (χ0n) is 14.2. The van der Waals surface area contributed by atoms with E-state index in [0.717, 1.165) is 22.2 Å². The Morgan fingerprint density at radius 3 is 2.65 bits per heavy atom. The summed E-state index contributed by atoms with van der Waals surface area (Å²) in [5.41, 5.74) is 1.43. The number of amides is 1. The van der Waals surface area contributed by atoms with Gasteiger partial charge in [-0.25, -0.2) is 0 Å². The van der Waals surface area contributed by atoms with Crippen LogP contribution in [0.4, 0.5) is 5.69 Å². The number of aryl methyl sites for hydroxylation is 1. The molecule has 134 valence electrons. The highest BCUT2D eigenvalue weighted by molar-refractivity contribution is 8.03. The van der Waals surface area contributed by atoms with Crippen molar-refractivity contribution in [2.24, 2.45) is 0 Å². The summed E-state index contributed by atoms with van der Waals surface area (Å²) in [6, 6.07) is 14.4. The number of rotatable bonds is 8. The van der Waals surface area contributed by atoms with Gasteiger partial charge in [-0.1, -0.05) is 18.2 Å². The number of para-hydroxylation sites is 1. The summed E-state index contributed by atoms with van der Waals surface area (Å²) in [6.45, 7) is 1.64. The van der Waals surface area contributed by atoms with Gasteiger partial charge < -0.3 is 14.8 Å². The van der Waals surface area contributed by atoms with Gasteiger partial charge in [0.15, 0.2) is 6.61 Å². The van der Waals surface area contributed by atoms with E-state index in [0.29, 0.717) is 11.4 Å². The van der Waals surface area contributed by atoms with Crippen LogP contribution in [0.3, 0.4) is 0 Å². The van der Waals surface area contributed by atoms with Gasteiger partial charge in [0, 0.05) is 10.6 Å². The lowest BCUT2D eigenvalue weighted by Crippen LogP contribution is -2.22. The van der Waals surface area contributed by atoms with Gasteiger partial charge in [0.25, 0.3) is 5.91 Å². The van der Waals surface area contributed by atoms with Crippen molar-refractivity contribution in [1.82, 2.24) is 0 Å². The van der Waals surface area contributed by atoms with Gasteiger partial charge in [-0.2, -0.15) is 5.26 Å². The standard InChI is InChI=1S/C19H18N2O4S/c1-14-11-16(26-13-20)7-8-17(14)21-18(22)12-25-19(23)9-10-24-15-5-3-2-4-6-15/h2-8,11H,9-10,12H2,1H3,(H,21,22). The summed E-state index contributed by atoms with van der Waals surface area (Å²) in [5, 5.41) is 13.3. The van der Waals surface area contributed by atoms with E-state index < -0.39 is 11.9 Å². The van der Waals surface area contributed by atoms with Crippen molar-refractivity contribution in [2.75, 3.05) is 18.5 Å². The Morgan fingerprint density at radius 2 is 1.96 bits per heavy atom. The molecule has 0 saturated heterocycles. The number of hydrogen-bond donors (Lipinski definition) is 1. The molecule has 0 saturated carbocycles. The van der Waals surface area contributed by atoms with Gasteiger partial charge in [-0.15, -0.1) is 0 Å². The topological polar surface area (TPSA) is 88.4 Å². The van der Waals surface area contributed by atoms with E-state index in [1.165, 1.54) is 0 Å². The maximum atomic E-state index is 11.9. The molecule has 0 aliphatic carbocycles. The van der Waals surface area contributed by atoms with E-state index in [-0.39, 0.29) is 19.6 Å². The van der Waals surface area contributed by atoms with Gasteiger partial charge in [-0.3, -0.25) is 9.59 Å². The van der Waals surface area contributed by atoms with Gasteiger partial charge in [0.1, 0.15) is 11.2 Å². The molecule has 26 heavy (non-hydrogen) atoms. The first-order valence-electron chi connectivity index (χ1n) is 7.88. The maximum absolute atomic E-state index is 11.9. The number of anilines is 1. The maximum Gasteiger partial charge on any atom is 0.309 e. The van der Waals surface area contributed by atoms with Crippen molar-refractivity contribution in [1.29, 1.82) is 5.26 Å². The normalized spacial score (nSPS) is 9.85. The van der Waals surface area contributed by atoms with Crippen molar-refractivity contribution in [3.05, 3.63) is 54.1 Å². The summed E-state index contributed by atoms with van der Waals surface area (Å²) >= 11 is 1.05. The van der Waals surface area contributed by atoms with Crippen molar-refractivity contribution in [3.63, 3.8) is 0 Å². The predicted molar refractivity (Wildman–Crippen MR) is 98.8 cm³/mol. The molecule has 2 rings (SSSR count). The summed E-state index contributed by atoms with van der Waals surface area (Å²) in [7, 11) is 0. The first-order chi connectivity index (χ1) is 12.6. The van der Waals surface area contributed by atoms with Crippen LogP contribution in [0.15, 0.2) is 53.4 Å². The predicted octanol–water partition coefficient (Wildman–Crippen LogP) is 3.52. The van der Waals surface area contributed by atoms with Crippen LogP contribution in [0.2, 0.25) is 0 Å². The van der Waals surface area contributed by atoms with Crippen LogP contribution in [0, 0.1) is 17.6 Å². The zero-order chi connectivity index (χ0) is 18.8. The number of esters is 1. The Bertz CT molecular complexity index is 803. The molecule has 0 aliphatic heterocycles. The molecule has 7 heteroatoms. The summed E-state index contributed by atoms with van der Waals surface area (Å²) < 4.78 is 10.3. The molecule has 0 aliphatic rings. The molecule has 0 heterocycles. The van der Waals surface area contributed by atoms with Crippen LogP contribution in [-0.4, -0.2) is 25.1 Å². The van der Waals surface area contributed by atoms with Crippen LogP contribution in [0.1, 0.15) is 12.0 Å². The first kappa shape index (κ1) is 19.3. The summed E-state index contributed by atoms with van der Waals surface area (Å²) in [6.07, 6.45) is 0.0568. The molecule has 0 radical (unpaired) electrons. The van der Waals surface area contributed by atoms with E-state index >= 15 is 0 Å². The third-order valence-corrected chi connectivity index (χ3v) is 3.90. The highest BCUT2D eigenvalue weighted by Crippen LogP contribution is 2.23. The molecule has 1 amide bonds. The van der Waals surface area contributed by atoms with Crippen LogP contribution in [-0.2, 0) is 14.3 Å². The van der Waals surface area contributed by atoms with Crippen molar-refractivity contribution in [3.8, 4) is 11.2 Å². The molecule has 0 aromatic heterocycles. The molecule has 0 fully saturated rings. The minimum atomic E-state index is -0.506. The second kappa shape index (κ2) is 10.1. The fourth-order valence-corrected chi connectivity index (χ4v) is 2.54. The highest BCUT2D eigenvalue weighted by atomic mass is 32.2. The number of carbonyl (C=O) groups is 2. The second-order valence-corrected chi connectivity index (χ2v) is 6.15. The molecular weight excluding hydrogens is 352 g/mol.